The van der Waals surface area contributed by atoms with Crippen molar-refractivity contribution in [2.45, 2.75) is 6.18 Å². The summed E-state index contributed by atoms with van der Waals surface area (Å²) in [6, 6.07) is 7.88. The van der Waals surface area contributed by atoms with Crippen molar-refractivity contribution in [2.75, 3.05) is 5.32 Å². The van der Waals surface area contributed by atoms with Crippen LogP contribution in [0.1, 0.15) is 16.1 Å². The van der Waals surface area contributed by atoms with Crippen molar-refractivity contribution >= 4 is 23.2 Å². The number of aromatic nitrogens is 3. The molecule has 2 aromatic heterocycles. The molecule has 3 rings (SSSR count). The Morgan fingerprint density at radius 1 is 1.15 bits per heavy atom. The first-order valence-corrected chi connectivity index (χ1v) is 7.49. The molecule has 26 heavy (non-hydrogen) atoms. The third kappa shape index (κ3) is 3.38. The first-order valence-electron chi connectivity index (χ1n) is 7.11. The maximum Gasteiger partial charge on any atom is 0.434 e. The van der Waals surface area contributed by atoms with Crippen LogP contribution in [0.3, 0.4) is 0 Å². The van der Waals surface area contributed by atoms with Gasteiger partial charge in [0.1, 0.15) is 5.82 Å². The van der Waals surface area contributed by atoms with E-state index in [-0.39, 0.29) is 16.5 Å². The molecule has 0 radical (unpaired) electrons. The summed E-state index contributed by atoms with van der Waals surface area (Å²) in [5.41, 5.74) is -2.41. The molecule has 5 nitrogen and oxygen atoms in total. The molecule has 0 fully saturated rings. The number of halogens is 5. The summed E-state index contributed by atoms with van der Waals surface area (Å²) in [4.78, 5) is 16.0. The van der Waals surface area contributed by atoms with Crippen molar-refractivity contribution in [3.8, 4) is 5.82 Å². The van der Waals surface area contributed by atoms with E-state index < -0.39 is 29.2 Å². The van der Waals surface area contributed by atoms with Gasteiger partial charge in [-0.3, -0.25) is 4.79 Å². The predicted octanol–water partition coefficient (Wildman–Crippen LogP) is 4.33. The summed E-state index contributed by atoms with van der Waals surface area (Å²) in [6.45, 7) is 0. The second kappa shape index (κ2) is 6.75. The number of hydrogen-bond acceptors (Lipinski definition) is 3. The minimum Gasteiger partial charge on any atom is -0.319 e. The minimum atomic E-state index is -4.93. The van der Waals surface area contributed by atoms with Crippen LogP contribution >= 0.6 is 11.6 Å². The van der Waals surface area contributed by atoms with Crippen LogP contribution in [-0.4, -0.2) is 20.7 Å². The zero-order chi connectivity index (χ0) is 18.9. The van der Waals surface area contributed by atoms with Gasteiger partial charge in [0.25, 0.3) is 5.91 Å². The zero-order valence-electron chi connectivity index (χ0n) is 12.8. The van der Waals surface area contributed by atoms with Crippen molar-refractivity contribution in [1.29, 1.82) is 0 Å². The highest BCUT2D eigenvalue weighted by Gasteiger charge is 2.41. The molecule has 1 aromatic carbocycles. The third-order valence-corrected chi connectivity index (χ3v) is 3.64. The molecular formula is C16H9ClF4N4O. The monoisotopic (exact) mass is 384 g/mol. The van der Waals surface area contributed by atoms with Crippen LogP contribution in [-0.2, 0) is 6.18 Å². The number of carbonyl (C=O) groups excluding carboxylic acids is 1. The molecule has 0 spiro atoms. The van der Waals surface area contributed by atoms with Gasteiger partial charge in [-0.2, -0.15) is 18.3 Å². The summed E-state index contributed by atoms with van der Waals surface area (Å²) in [6.07, 6.45) is -2.97. The van der Waals surface area contributed by atoms with E-state index in [1.807, 2.05) is 0 Å². The highest BCUT2D eigenvalue weighted by molar-refractivity contribution is 6.32. The van der Waals surface area contributed by atoms with Gasteiger partial charge in [0, 0.05) is 6.20 Å². The average Bonchev–Trinajstić information content (AvgIpc) is 3.02. The van der Waals surface area contributed by atoms with Crippen LogP contribution < -0.4 is 5.32 Å². The van der Waals surface area contributed by atoms with Crippen molar-refractivity contribution in [2.24, 2.45) is 0 Å². The quantitative estimate of drug-likeness (QED) is 0.684. The number of carbonyl (C=O) groups is 1. The topological polar surface area (TPSA) is 59.8 Å². The van der Waals surface area contributed by atoms with Gasteiger partial charge in [0.05, 0.1) is 22.5 Å². The Hall–Kier alpha value is -2.94. The number of benzene rings is 1. The molecule has 0 aliphatic rings. The van der Waals surface area contributed by atoms with Crippen LogP contribution in [0.4, 0.5) is 23.2 Å². The number of pyridine rings is 1. The van der Waals surface area contributed by atoms with Crippen LogP contribution in [0.2, 0.25) is 5.02 Å². The molecule has 1 N–H and O–H groups in total. The molecule has 0 saturated heterocycles. The molecule has 3 aromatic rings. The number of alkyl halides is 3. The van der Waals surface area contributed by atoms with Crippen LogP contribution in [0.5, 0.6) is 0 Å². The van der Waals surface area contributed by atoms with Gasteiger partial charge < -0.3 is 5.32 Å². The van der Waals surface area contributed by atoms with Gasteiger partial charge >= 0.3 is 6.18 Å². The summed E-state index contributed by atoms with van der Waals surface area (Å²) in [7, 11) is 0. The number of nitrogens with one attached hydrogen (secondary N) is 1. The highest BCUT2D eigenvalue weighted by atomic mass is 35.5. The Labute approximate surface area is 149 Å². The molecule has 2 heterocycles. The minimum absolute atomic E-state index is 0.0813. The third-order valence-electron chi connectivity index (χ3n) is 3.34. The fraction of sp³-hybridized carbons (Fsp3) is 0.0625. The van der Waals surface area contributed by atoms with Crippen molar-refractivity contribution in [1.82, 2.24) is 14.8 Å². The first kappa shape index (κ1) is 17.9. The second-order valence-corrected chi connectivity index (χ2v) is 5.47. The van der Waals surface area contributed by atoms with Gasteiger partial charge in [-0.15, -0.1) is 0 Å². The van der Waals surface area contributed by atoms with Gasteiger partial charge in [-0.1, -0.05) is 23.7 Å². The van der Waals surface area contributed by atoms with E-state index in [1.54, 1.807) is 0 Å². The normalized spacial score (nSPS) is 11.4. The summed E-state index contributed by atoms with van der Waals surface area (Å²) < 4.78 is 54.7. The molecule has 0 aliphatic carbocycles. The Balaban J connectivity index is 2.07. The smallest absolute Gasteiger partial charge is 0.319 e. The van der Waals surface area contributed by atoms with Crippen LogP contribution in [0.25, 0.3) is 5.82 Å². The lowest BCUT2D eigenvalue weighted by Gasteiger charge is -2.13. The number of anilines is 1. The predicted molar refractivity (Wildman–Crippen MR) is 85.7 cm³/mol. The van der Waals surface area contributed by atoms with Gasteiger partial charge in [-0.25, -0.2) is 14.1 Å². The van der Waals surface area contributed by atoms with E-state index in [0.29, 0.717) is 4.68 Å². The Morgan fingerprint density at radius 2 is 1.88 bits per heavy atom. The second-order valence-electron chi connectivity index (χ2n) is 5.06. The average molecular weight is 385 g/mol. The zero-order valence-corrected chi connectivity index (χ0v) is 13.5. The van der Waals surface area contributed by atoms with Gasteiger partial charge in [0.2, 0.25) is 0 Å². The molecule has 0 aliphatic heterocycles. The van der Waals surface area contributed by atoms with E-state index in [2.05, 4.69) is 15.4 Å². The van der Waals surface area contributed by atoms with Crippen molar-refractivity contribution in [3.05, 3.63) is 70.9 Å². The molecule has 0 bridgehead atoms. The lowest BCUT2D eigenvalue weighted by Crippen LogP contribution is -2.21. The van der Waals surface area contributed by atoms with Crippen molar-refractivity contribution in [3.63, 3.8) is 0 Å². The summed E-state index contributed by atoms with van der Waals surface area (Å²) in [5, 5.41) is 5.61. The van der Waals surface area contributed by atoms with E-state index >= 15 is 0 Å². The SMILES string of the molecule is O=C(Nc1ccccc1F)c1cnn(-c2ncccc2Cl)c1C(F)(F)F. The molecule has 0 atom stereocenters. The number of rotatable bonds is 3. The van der Waals surface area contributed by atoms with E-state index in [0.717, 1.165) is 12.3 Å². The van der Waals surface area contributed by atoms with Crippen LogP contribution in [0, 0.1) is 5.82 Å². The Bertz CT molecular complexity index is 971. The molecule has 0 unspecified atom stereocenters. The van der Waals surface area contributed by atoms with Crippen molar-refractivity contribution < 1.29 is 22.4 Å². The lowest BCUT2D eigenvalue weighted by molar-refractivity contribution is -0.143. The van der Waals surface area contributed by atoms with Crippen LogP contribution in [0.15, 0.2) is 48.8 Å². The lowest BCUT2D eigenvalue weighted by atomic mass is 10.2. The van der Waals surface area contributed by atoms with E-state index in [1.165, 1.54) is 36.5 Å². The standard InChI is InChI=1S/C16H9ClF4N4O/c17-10-4-3-7-22-14(10)25-13(16(19,20)21)9(8-23-25)15(26)24-12-6-2-1-5-11(12)18/h1-8H,(H,24,26). The summed E-state index contributed by atoms with van der Waals surface area (Å²) >= 11 is 5.88. The number of hydrogen-bond donors (Lipinski definition) is 1. The fourth-order valence-electron chi connectivity index (χ4n) is 2.23. The number of nitrogens with zero attached hydrogens (tertiary/aromatic N) is 3. The van der Waals surface area contributed by atoms with E-state index in [4.69, 9.17) is 11.6 Å². The Morgan fingerprint density at radius 3 is 2.54 bits per heavy atom. The maximum atomic E-state index is 13.6. The van der Waals surface area contributed by atoms with Gasteiger partial charge in [0.15, 0.2) is 11.5 Å². The largest absolute Gasteiger partial charge is 0.434 e. The number of amides is 1. The summed E-state index contributed by atoms with van der Waals surface area (Å²) in [5.74, 6) is -2.23. The number of para-hydroxylation sites is 1. The molecule has 134 valence electrons. The molecular weight excluding hydrogens is 376 g/mol. The first-order chi connectivity index (χ1) is 12.3. The molecule has 1 amide bonds. The highest BCUT2D eigenvalue weighted by Crippen LogP contribution is 2.34. The fourth-order valence-corrected chi connectivity index (χ4v) is 2.44. The van der Waals surface area contributed by atoms with Gasteiger partial charge in [-0.05, 0) is 24.3 Å². The molecule has 0 saturated carbocycles. The Kier molecular flexibility index (Phi) is 4.64. The van der Waals surface area contributed by atoms with E-state index in [9.17, 15) is 22.4 Å². The molecule has 10 heteroatoms. The maximum absolute atomic E-state index is 13.6.